The van der Waals surface area contributed by atoms with E-state index < -0.39 is 0 Å². The topological polar surface area (TPSA) is 76.7 Å². The molecule has 0 saturated heterocycles. The molecule has 6 nitrogen and oxygen atoms in total. The van der Waals surface area contributed by atoms with Gasteiger partial charge in [0, 0.05) is 30.8 Å². The van der Waals surface area contributed by atoms with Crippen LogP contribution in [0.1, 0.15) is 74.9 Å². The minimum absolute atomic E-state index is 0.0222. The molecule has 33 heavy (non-hydrogen) atoms. The van der Waals surface area contributed by atoms with Gasteiger partial charge in [0.1, 0.15) is 11.5 Å². The van der Waals surface area contributed by atoms with Crippen molar-refractivity contribution < 1.29 is 19.1 Å². The molecule has 0 fully saturated rings. The van der Waals surface area contributed by atoms with Gasteiger partial charge in [-0.1, -0.05) is 46.8 Å². The summed E-state index contributed by atoms with van der Waals surface area (Å²) in [6, 6.07) is 11.2. The predicted molar refractivity (Wildman–Crippen MR) is 134 cm³/mol. The van der Waals surface area contributed by atoms with Crippen LogP contribution in [0.5, 0.6) is 11.5 Å². The third kappa shape index (κ3) is 6.98. The van der Waals surface area contributed by atoms with E-state index in [-0.39, 0.29) is 23.1 Å². The van der Waals surface area contributed by atoms with Gasteiger partial charge in [0.25, 0.3) is 5.91 Å². The van der Waals surface area contributed by atoms with E-state index in [1.807, 2.05) is 24.3 Å². The van der Waals surface area contributed by atoms with E-state index in [4.69, 9.17) is 9.47 Å². The normalized spacial score (nSPS) is 12.3. The van der Waals surface area contributed by atoms with Crippen molar-refractivity contribution in [1.29, 1.82) is 0 Å². The summed E-state index contributed by atoms with van der Waals surface area (Å²) in [6.45, 7) is 10.5. The molecule has 0 heterocycles. The number of anilines is 1. The third-order valence-corrected chi connectivity index (χ3v) is 5.66. The lowest BCUT2D eigenvalue weighted by Crippen LogP contribution is -2.23. The van der Waals surface area contributed by atoms with Gasteiger partial charge < -0.3 is 20.1 Å². The van der Waals surface area contributed by atoms with Crippen LogP contribution in [-0.2, 0) is 10.2 Å². The quantitative estimate of drug-likeness (QED) is 0.523. The van der Waals surface area contributed by atoms with Gasteiger partial charge in [0.15, 0.2) is 0 Å². The van der Waals surface area contributed by atoms with Gasteiger partial charge in [-0.15, -0.1) is 0 Å². The van der Waals surface area contributed by atoms with Crippen LogP contribution in [0.4, 0.5) is 5.69 Å². The largest absolute Gasteiger partial charge is 0.497 e. The highest BCUT2D eigenvalue weighted by Gasteiger charge is 2.24. The number of benzene rings is 2. The molecule has 2 aromatic rings. The van der Waals surface area contributed by atoms with Crippen molar-refractivity contribution in [3.8, 4) is 11.5 Å². The highest BCUT2D eigenvalue weighted by molar-refractivity contribution is 5.98. The van der Waals surface area contributed by atoms with E-state index in [0.29, 0.717) is 35.1 Å². The number of methoxy groups -OCH3 is 2. The smallest absolute Gasteiger partial charge is 0.251 e. The first-order valence-electron chi connectivity index (χ1n) is 11.4. The highest BCUT2D eigenvalue weighted by Crippen LogP contribution is 2.37. The summed E-state index contributed by atoms with van der Waals surface area (Å²) in [5.41, 5.74) is 2.94. The summed E-state index contributed by atoms with van der Waals surface area (Å²) in [4.78, 5) is 25.4. The van der Waals surface area contributed by atoms with Crippen LogP contribution in [0.3, 0.4) is 0 Å². The number of ether oxygens (including phenoxy) is 2. The van der Waals surface area contributed by atoms with Crippen molar-refractivity contribution in [2.75, 3.05) is 26.6 Å². The van der Waals surface area contributed by atoms with Gasteiger partial charge in [0.05, 0.1) is 14.2 Å². The minimum Gasteiger partial charge on any atom is -0.497 e. The predicted octanol–water partition coefficient (Wildman–Crippen LogP) is 5.52. The maximum absolute atomic E-state index is 13.3. The molecule has 1 atom stereocenters. The Hall–Kier alpha value is -3.02. The lowest BCUT2D eigenvalue weighted by molar-refractivity contribution is -0.116. The number of amides is 2. The first kappa shape index (κ1) is 26.2. The van der Waals surface area contributed by atoms with Crippen molar-refractivity contribution in [3.63, 3.8) is 0 Å². The fraction of sp³-hybridized carbons (Fsp3) is 0.481. The van der Waals surface area contributed by atoms with Gasteiger partial charge in [-0.2, -0.15) is 0 Å². The summed E-state index contributed by atoms with van der Waals surface area (Å²) in [5.74, 6) is 1.51. The molecule has 2 aromatic carbocycles. The summed E-state index contributed by atoms with van der Waals surface area (Å²) < 4.78 is 10.9. The Balaban J connectivity index is 2.37. The molecule has 6 heteroatoms. The maximum atomic E-state index is 13.3. The molecule has 2 N–H and O–H groups in total. The maximum Gasteiger partial charge on any atom is 0.251 e. The molecule has 0 aliphatic carbocycles. The molecule has 0 aromatic heterocycles. The molecule has 0 saturated carbocycles. The molecule has 2 rings (SSSR count). The summed E-state index contributed by atoms with van der Waals surface area (Å²) in [5, 5.41) is 5.73. The molecule has 0 spiro atoms. The fourth-order valence-corrected chi connectivity index (χ4v) is 4.06. The lowest BCUT2D eigenvalue weighted by atomic mass is 9.84. The van der Waals surface area contributed by atoms with Crippen LogP contribution in [0.15, 0.2) is 36.4 Å². The van der Waals surface area contributed by atoms with Crippen molar-refractivity contribution in [1.82, 2.24) is 5.32 Å². The van der Waals surface area contributed by atoms with Crippen molar-refractivity contribution in [3.05, 3.63) is 53.1 Å². The van der Waals surface area contributed by atoms with Gasteiger partial charge >= 0.3 is 0 Å². The molecule has 1 unspecified atom stereocenters. The molecule has 0 radical (unpaired) electrons. The van der Waals surface area contributed by atoms with E-state index in [9.17, 15) is 9.59 Å². The molecule has 2 amide bonds. The van der Waals surface area contributed by atoms with Crippen molar-refractivity contribution in [2.24, 2.45) is 5.92 Å². The van der Waals surface area contributed by atoms with E-state index in [0.717, 1.165) is 17.5 Å². The Kier molecular flexibility index (Phi) is 8.91. The first-order valence-corrected chi connectivity index (χ1v) is 11.4. The Bertz CT molecular complexity index is 977. The third-order valence-electron chi connectivity index (χ3n) is 5.66. The van der Waals surface area contributed by atoms with Crippen molar-refractivity contribution >= 4 is 17.5 Å². The standard InChI is InChI=1S/C27H38N2O4/c1-17(2)13-19(21-11-10-20(32-7)16-24(21)33-8)15-25(30)29-23-14-18(26(31)28-6)9-12-22(23)27(3,4)5/h9-12,14,16-17,19H,13,15H2,1-8H3,(H,28,31)(H,29,30). The Labute approximate surface area is 198 Å². The van der Waals surface area contributed by atoms with Crippen LogP contribution >= 0.6 is 0 Å². The highest BCUT2D eigenvalue weighted by atomic mass is 16.5. The van der Waals surface area contributed by atoms with E-state index in [2.05, 4.69) is 45.3 Å². The Morgan fingerprint density at radius 2 is 1.70 bits per heavy atom. The van der Waals surface area contributed by atoms with Crippen LogP contribution in [0, 0.1) is 5.92 Å². The molecular weight excluding hydrogens is 416 g/mol. The van der Waals surface area contributed by atoms with Crippen LogP contribution in [-0.4, -0.2) is 33.1 Å². The van der Waals surface area contributed by atoms with Gasteiger partial charge in [0.2, 0.25) is 5.91 Å². The van der Waals surface area contributed by atoms with E-state index in [1.54, 1.807) is 33.4 Å². The molecule has 180 valence electrons. The summed E-state index contributed by atoms with van der Waals surface area (Å²) in [7, 11) is 4.84. The monoisotopic (exact) mass is 454 g/mol. The van der Waals surface area contributed by atoms with Crippen LogP contribution in [0.2, 0.25) is 0 Å². The zero-order chi connectivity index (χ0) is 24.8. The van der Waals surface area contributed by atoms with E-state index in [1.165, 1.54) is 0 Å². The van der Waals surface area contributed by atoms with E-state index >= 15 is 0 Å². The SMILES string of the molecule is CNC(=O)c1ccc(C(C)(C)C)c(NC(=O)CC(CC(C)C)c2ccc(OC)cc2OC)c1. The first-order chi connectivity index (χ1) is 15.5. The number of carbonyl (C=O) groups is 2. The van der Waals surface area contributed by atoms with Crippen molar-refractivity contribution in [2.45, 2.75) is 58.8 Å². The lowest BCUT2D eigenvalue weighted by Gasteiger charge is -2.25. The zero-order valence-corrected chi connectivity index (χ0v) is 21.2. The molecular formula is C27H38N2O4. The number of rotatable bonds is 9. The van der Waals surface area contributed by atoms with Gasteiger partial charge in [-0.05, 0) is 53.0 Å². The summed E-state index contributed by atoms with van der Waals surface area (Å²) >= 11 is 0. The average Bonchev–Trinajstić information content (AvgIpc) is 2.76. The number of carbonyl (C=O) groups excluding carboxylic acids is 2. The number of hydrogen-bond donors (Lipinski definition) is 2. The van der Waals surface area contributed by atoms with Gasteiger partial charge in [-0.3, -0.25) is 9.59 Å². The molecule has 0 aliphatic rings. The summed E-state index contributed by atoms with van der Waals surface area (Å²) in [6.07, 6.45) is 1.13. The second-order valence-electron chi connectivity index (χ2n) is 9.78. The Morgan fingerprint density at radius 1 is 1.00 bits per heavy atom. The zero-order valence-electron chi connectivity index (χ0n) is 21.2. The average molecular weight is 455 g/mol. The van der Waals surface area contributed by atoms with Crippen LogP contribution < -0.4 is 20.1 Å². The van der Waals surface area contributed by atoms with Crippen LogP contribution in [0.25, 0.3) is 0 Å². The minimum atomic E-state index is -0.194. The molecule has 0 bridgehead atoms. The molecule has 0 aliphatic heterocycles. The number of hydrogen-bond acceptors (Lipinski definition) is 4. The fourth-order valence-electron chi connectivity index (χ4n) is 4.06. The Morgan fingerprint density at radius 3 is 2.24 bits per heavy atom. The van der Waals surface area contributed by atoms with Gasteiger partial charge in [-0.25, -0.2) is 0 Å². The number of nitrogens with one attached hydrogen (secondary N) is 2. The second-order valence-corrected chi connectivity index (χ2v) is 9.78. The second kappa shape index (κ2) is 11.2.